The first-order valence-electron chi connectivity index (χ1n) is 7.19. The maximum atomic E-state index is 12.0. The van der Waals surface area contributed by atoms with Crippen LogP contribution in [0.4, 0.5) is 0 Å². The molecule has 0 aliphatic carbocycles. The molecular weight excluding hydrogens is 440 g/mol. The lowest BCUT2D eigenvalue weighted by molar-refractivity contribution is -0.132. The molecule has 1 atom stereocenters. The predicted octanol–water partition coefficient (Wildman–Crippen LogP) is 3.37. The van der Waals surface area contributed by atoms with Crippen LogP contribution in [-0.2, 0) is 16.0 Å². The molecule has 0 aliphatic rings. The number of carbonyl (C=O) groups excluding carboxylic acids is 2. The van der Waals surface area contributed by atoms with Crippen molar-refractivity contribution >= 4 is 43.7 Å². The lowest BCUT2D eigenvalue weighted by atomic mass is 10.1. The number of rotatable bonds is 5. The molecule has 0 fully saturated rings. The van der Waals surface area contributed by atoms with E-state index in [0.717, 1.165) is 14.5 Å². The molecule has 0 radical (unpaired) electrons. The Labute approximate surface area is 157 Å². The van der Waals surface area contributed by atoms with Crippen LogP contribution >= 0.6 is 31.9 Å². The summed E-state index contributed by atoms with van der Waals surface area (Å²) < 4.78 is 7.32. The minimum absolute atomic E-state index is 0.175. The van der Waals surface area contributed by atoms with Crippen molar-refractivity contribution < 1.29 is 14.3 Å². The van der Waals surface area contributed by atoms with Crippen LogP contribution in [0, 0.1) is 0 Å². The largest absolute Gasteiger partial charge is 0.481 e. The highest BCUT2D eigenvalue weighted by Crippen LogP contribution is 2.18. The van der Waals surface area contributed by atoms with E-state index in [9.17, 15) is 9.59 Å². The minimum Gasteiger partial charge on any atom is -0.481 e. The van der Waals surface area contributed by atoms with E-state index in [1.165, 1.54) is 0 Å². The highest BCUT2D eigenvalue weighted by molar-refractivity contribution is 9.10. The fraction of sp³-hybridized carbons (Fsp3) is 0.176. The third-order valence-electron chi connectivity index (χ3n) is 3.08. The predicted molar refractivity (Wildman–Crippen MR) is 98.4 cm³/mol. The fourth-order valence-electron chi connectivity index (χ4n) is 1.86. The van der Waals surface area contributed by atoms with Crippen molar-refractivity contribution in [3.05, 3.63) is 63.0 Å². The molecule has 126 valence electrons. The summed E-state index contributed by atoms with van der Waals surface area (Å²) in [5, 5.41) is 0. The van der Waals surface area contributed by atoms with Gasteiger partial charge in [0.15, 0.2) is 6.10 Å². The van der Waals surface area contributed by atoms with Gasteiger partial charge in [-0.15, -0.1) is 0 Å². The molecule has 24 heavy (non-hydrogen) atoms. The standard InChI is InChI=1S/C17H16Br2N2O3/c1-11(24-15-4-2-3-14(19)10-15)17(23)21-20-16(22)9-12-5-7-13(18)8-6-12/h2-8,10-11H,9H2,1H3,(H,20,22)(H,21,23)/t11-/m1/s1. The Morgan fingerprint density at radius 1 is 1.04 bits per heavy atom. The van der Waals surface area contributed by atoms with E-state index < -0.39 is 12.0 Å². The number of ether oxygens (including phenoxy) is 1. The number of benzene rings is 2. The van der Waals surface area contributed by atoms with Gasteiger partial charge in [-0.2, -0.15) is 0 Å². The molecule has 0 saturated carbocycles. The second-order valence-electron chi connectivity index (χ2n) is 5.06. The quantitative estimate of drug-likeness (QED) is 0.679. The first kappa shape index (κ1) is 18.5. The van der Waals surface area contributed by atoms with E-state index in [-0.39, 0.29) is 12.3 Å². The third kappa shape index (κ3) is 5.98. The van der Waals surface area contributed by atoms with Crippen molar-refractivity contribution in [1.82, 2.24) is 10.9 Å². The number of hydrazine groups is 1. The number of halogens is 2. The number of nitrogens with one attached hydrogen (secondary N) is 2. The van der Waals surface area contributed by atoms with Gasteiger partial charge in [0.2, 0.25) is 5.91 Å². The van der Waals surface area contributed by atoms with E-state index in [4.69, 9.17) is 4.74 Å². The van der Waals surface area contributed by atoms with Gasteiger partial charge in [-0.25, -0.2) is 0 Å². The maximum Gasteiger partial charge on any atom is 0.279 e. The molecule has 2 aromatic carbocycles. The molecule has 0 spiro atoms. The monoisotopic (exact) mass is 454 g/mol. The van der Waals surface area contributed by atoms with E-state index >= 15 is 0 Å². The number of amides is 2. The van der Waals surface area contributed by atoms with Gasteiger partial charge in [0.1, 0.15) is 5.75 Å². The first-order valence-corrected chi connectivity index (χ1v) is 8.78. The molecule has 0 aromatic heterocycles. The SMILES string of the molecule is C[C@@H](Oc1cccc(Br)c1)C(=O)NNC(=O)Cc1ccc(Br)cc1. The van der Waals surface area contributed by atoms with Crippen molar-refractivity contribution in [2.24, 2.45) is 0 Å². The molecule has 2 amide bonds. The average Bonchev–Trinajstić information content (AvgIpc) is 2.54. The summed E-state index contributed by atoms with van der Waals surface area (Å²) in [4.78, 5) is 23.8. The van der Waals surface area contributed by atoms with Crippen molar-refractivity contribution in [2.45, 2.75) is 19.4 Å². The Bertz CT molecular complexity index is 720. The Kier molecular flexibility index (Phi) is 6.81. The van der Waals surface area contributed by atoms with Crippen LogP contribution in [0.15, 0.2) is 57.5 Å². The third-order valence-corrected chi connectivity index (χ3v) is 4.10. The van der Waals surface area contributed by atoms with Crippen LogP contribution in [0.3, 0.4) is 0 Å². The molecule has 2 aromatic rings. The topological polar surface area (TPSA) is 67.4 Å². The van der Waals surface area contributed by atoms with Crippen LogP contribution < -0.4 is 15.6 Å². The number of carbonyl (C=O) groups is 2. The highest BCUT2D eigenvalue weighted by Gasteiger charge is 2.15. The van der Waals surface area contributed by atoms with Crippen LogP contribution in [0.5, 0.6) is 5.75 Å². The zero-order valence-electron chi connectivity index (χ0n) is 12.9. The highest BCUT2D eigenvalue weighted by atomic mass is 79.9. The van der Waals surface area contributed by atoms with Gasteiger partial charge in [-0.1, -0.05) is 50.1 Å². The lowest BCUT2D eigenvalue weighted by Crippen LogP contribution is -2.47. The summed E-state index contributed by atoms with van der Waals surface area (Å²) in [6, 6.07) is 14.6. The second-order valence-corrected chi connectivity index (χ2v) is 6.89. The van der Waals surface area contributed by atoms with Gasteiger partial charge < -0.3 is 4.74 Å². The average molecular weight is 456 g/mol. The minimum atomic E-state index is -0.743. The normalized spacial score (nSPS) is 11.5. The molecule has 0 aliphatic heterocycles. The van der Waals surface area contributed by atoms with Gasteiger partial charge in [0.25, 0.3) is 5.91 Å². The van der Waals surface area contributed by atoms with Crippen LogP contribution in [-0.4, -0.2) is 17.9 Å². The van der Waals surface area contributed by atoms with E-state index in [0.29, 0.717) is 5.75 Å². The first-order chi connectivity index (χ1) is 11.4. The van der Waals surface area contributed by atoms with Crippen molar-refractivity contribution in [2.75, 3.05) is 0 Å². The van der Waals surface area contributed by atoms with Gasteiger partial charge in [-0.05, 0) is 42.8 Å². The Balaban J connectivity index is 1.79. The molecule has 2 rings (SSSR count). The maximum absolute atomic E-state index is 12.0. The smallest absolute Gasteiger partial charge is 0.279 e. The van der Waals surface area contributed by atoms with Gasteiger partial charge in [0.05, 0.1) is 6.42 Å². The van der Waals surface area contributed by atoms with Crippen molar-refractivity contribution in [1.29, 1.82) is 0 Å². The summed E-state index contributed by atoms with van der Waals surface area (Å²) in [6.07, 6.45) is -0.568. The summed E-state index contributed by atoms with van der Waals surface area (Å²) in [5.41, 5.74) is 5.60. The van der Waals surface area contributed by atoms with E-state index in [1.54, 1.807) is 19.1 Å². The summed E-state index contributed by atoms with van der Waals surface area (Å²) >= 11 is 6.67. The second kappa shape index (κ2) is 8.84. The molecule has 0 saturated heterocycles. The Morgan fingerprint density at radius 3 is 2.42 bits per heavy atom. The van der Waals surface area contributed by atoms with Crippen LogP contribution in [0.25, 0.3) is 0 Å². The molecule has 7 heteroatoms. The Hall–Kier alpha value is -1.86. The van der Waals surface area contributed by atoms with Crippen LogP contribution in [0.2, 0.25) is 0 Å². The summed E-state index contributed by atoms with van der Waals surface area (Å²) in [5.74, 6) is -0.173. The molecule has 0 heterocycles. The van der Waals surface area contributed by atoms with E-state index in [2.05, 4.69) is 42.7 Å². The van der Waals surface area contributed by atoms with Gasteiger partial charge in [-0.3, -0.25) is 20.4 Å². The van der Waals surface area contributed by atoms with Gasteiger partial charge in [0, 0.05) is 8.95 Å². The van der Waals surface area contributed by atoms with Crippen molar-refractivity contribution in [3.63, 3.8) is 0 Å². The van der Waals surface area contributed by atoms with Crippen molar-refractivity contribution in [3.8, 4) is 5.75 Å². The molecule has 5 nitrogen and oxygen atoms in total. The molecule has 2 N–H and O–H groups in total. The zero-order valence-corrected chi connectivity index (χ0v) is 16.1. The number of hydrogen-bond donors (Lipinski definition) is 2. The van der Waals surface area contributed by atoms with Crippen LogP contribution in [0.1, 0.15) is 12.5 Å². The Morgan fingerprint density at radius 2 is 1.75 bits per heavy atom. The fourth-order valence-corrected chi connectivity index (χ4v) is 2.51. The summed E-state index contributed by atoms with van der Waals surface area (Å²) in [7, 11) is 0. The molecular formula is C17H16Br2N2O3. The summed E-state index contributed by atoms with van der Waals surface area (Å²) in [6.45, 7) is 1.61. The van der Waals surface area contributed by atoms with E-state index in [1.807, 2.05) is 36.4 Å². The molecule has 0 unspecified atom stereocenters. The lowest BCUT2D eigenvalue weighted by Gasteiger charge is -2.15. The zero-order chi connectivity index (χ0) is 17.5. The number of hydrogen-bond acceptors (Lipinski definition) is 3. The van der Waals surface area contributed by atoms with Gasteiger partial charge >= 0.3 is 0 Å². The molecule has 0 bridgehead atoms.